The van der Waals surface area contributed by atoms with Crippen molar-refractivity contribution in [1.29, 1.82) is 0 Å². The Hall–Kier alpha value is -2.60. The van der Waals surface area contributed by atoms with Crippen LogP contribution in [0.5, 0.6) is 5.75 Å². The van der Waals surface area contributed by atoms with Crippen molar-refractivity contribution < 1.29 is 4.74 Å². The van der Waals surface area contributed by atoms with Crippen molar-refractivity contribution in [2.24, 2.45) is 5.84 Å². The minimum absolute atomic E-state index is 0.618. The number of benzene rings is 1. The number of hydrogen-bond donors (Lipinski definition) is 2. The number of hydrazine groups is 1. The van der Waals surface area contributed by atoms with Crippen molar-refractivity contribution in [1.82, 2.24) is 14.8 Å². The van der Waals surface area contributed by atoms with Crippen LogP contribution in [-0.2, 0) is 6.54 Å². The number of rotatable bonds is 4. The first-order valence-corrected chi connectivity index (χ1v) is 6.64. The fraction of sp³-hybridized carbons (Fsp3) is 0.200. The second-order valence-electron chi connectivity index (χ2n) is 4.83. The highest BCUT2D eigenvalue weighted by atomic mass is 16.5. The first kappa shape index (κ1) is 13.4. The average molecular weight is 283 g/mol. The number of anilines is 1. The van der Waals surface area contributed by atoms with Crippen molar-refractivity contribution >= 4 is 16.7 Å². The van der Waals surface area contributed by atoms with Gasteiger partial charge in [0.25, 0.3) is 0 Å². The predicted molar refractivity (Wildman–Crippen MR) is 82.2 cm³/mol. The number of pyridine rings is 1. The minimum Gasteiger partial charge on any atom is -0.497 e. The largest absolute Gasteiger partial charge is 0.497 e. The lowest BCUT2D eigenvalue weighted by Gasteiger charge is -2.12. The summed E-state index contributed by atoms with van der Waals surface area (Å²) in [6.45, 7) is 2.63. The van der Waals surface area contributed by atoms with Gasteiger partial charge in [0.1, 0.15) is 11.6 Å². The summed E-state index contributed by atoms with van der Waals surface area (Å²) in [6.07, 6.45) is 1.78. The Kier molecular flexibility index (Phi) is 3.45. The standard InChI is InChI=1S/C15H17N5O/c1-10-5-6-17-20(10)9-12-7-11-3-4-13(21-2)8-14(11)18-15(12)19-16/h3-8H,9,16H2,1-2H3,(H,18,19). The van der Waals surface area contributed by atoms with Gasteiger partial charge < -0.3 is 10.2 Å². The van der Waals surface area contributed by atoms with Gasteiger partial charge in [-0.25, -0.2) is 10.8 Å². The van der Waals surface area contributed by atoms with E-state index in [1.165, 1.54) is 0 Å². The maximum absolute atomic E-state index is 5.61. The summed E-state index contributed by atoms with van der Waals surface area (Å²) in [5.41, 5.74) is 5.58. The molecule has 0 fully saturated rings. The summed E-state index contributed by atoms with van der Waals surface area (Å²) in [5.74, 6) is 7.02. The number of nitrogens with two attached hydrogens (primary N) is 1. The Morgan fingerprint density at radius 2 is 2.14 bits per heavy atom. The van der Waals surface area contributed by atoms with Crippen LogP contribution in [0.4, 0.5) is 5.82 Å². The molecule has 6 heteroatoms. The third-order valence-electron chi connectivity index (χ3n) is 3.49. The maximum atomic E-state index is 5.61. The molecule has 0 aliphatic rings. The molecule has 0 aliphatic carbocycles. The van der Waals surface area contributed by atoms with Crippen LogP contribution in [-0.4, -0.2) is 21.9 Å². The zero-order chi connectivity index (χ0) is 14.8. The smallest absolute Gasteiger partial charge is 0.145 e. The van der Waals surface area contributed by atoms with Crippen molar-refractivity contribution in [3.63, 3.8) is 0 Å². The molecule has 0 spiro atoms. The molecule has 0 atom stereocenters. The van der Waals surface area contributed by atoms with E-state index < -0.39 is 0 Å². The maximum Gasteiger partial charge on any atom is 0.145 e. The third kappa shape index (κ3) is 2.53. The van der Waals surface area contributed by atoms with E-state index in [1.54, 1.807) is 13.3 Å². The predicted octanol–water partition coefficient (Wildman–Crippen LogP) is 2.08. The molecule has 0 bridgehead atoms. The number of ether oxygens (including phenoxy) is 1. The number of aryl methyl sites for hydroxylation is 1. The van der Waals surface area contributed by atoms with Gasteiger partial charge in [-0.15, -0.1) is 0 Å². The fourth-order valence-electron chi connectivity index (χ4n) is 2.29. The average Bonchev–Trinajstić information content (AvgIpc) is 2.91. The molecule has 0 saturated carbocycles. The van der Waals surface area contributed by atoms with Crippen LogP contribution in [0.3, 0.4) is 0 Å². The Morgan fingerprint density at radius 3 is 2.81 bits per heavy atom. The van der Waals surface area contributed by atoms with E-state index in [-0.39, 0.29) is 0 Å². The molecular formula is C15H17N5O. The molecule has 3 aromatic rings. The van der Waals surface area contributed by atoms with E-state index >= 15 is 0 Å². The SMILES string of the molecule is COc1ccc2cc(Cn3nccc3C)c(NN)nc2c1. The van der Waals surface area contributed by atoms with Crippen molar-refractivity contribution in [2.75, 3.05) is 12.5 Å². The van der Waals surface area contributed by atoms with Crippen molar-refractivity contribution in [3.8, 4) is 5.75 Å². The highest BCUT2D eigenvalue weighted by Gasteiger charge is 2.09. The molecule has 2 aromatic heterocycles. The molecule has 1 aromatic carbocycles. The van der Waals surface area contributed by atoms with Gasteiger partial charge in [0.2, 0.25) is 0 Å². The highest BCUT2D eigenvalue weighted by Crippen LogP contribution is 2.24. The number of methoxy groups -OCH3 is 1. The van der Waals surface area contributed by atoms with E-state index in [0.29, 0.717) is 12.4 Å². The second kappa shape index (κ2) is 5.41. The summed E-state index contributed by atoms with van der Waals surface area (Å²) in [7, 11) is 1.64. The molecule has 2 heterocycles. The number of aromatic nitrogens is 3. The van der Waals surface area contributed by atoms with Crippen LogP contribution in [0, 0.1) is 6.92 Å². The lowest BCUT2D eigenvalue weighted by molar-refractivity contribution is 0.415. The summed E-state index contributed by atoms with van der Waals surface area (Å²) in [6, 6.07) is 9.83. The van der Waals surface area contributed by atoms with Crippen LogP contribution >= 0.6 is 0 Å². The van der Waals surface area contributed by atoms with E-state index in [1.807, 2.05) is 35.9 Å². The van der Waals surface area contributed by atoms with Gasteiger partial charge in [0.15, 0.2) is 0 Å². The molecule has 0 aliphatic heterocycles. The van der Waals surface area contributed by atoms with Crippen molar-refractivity contribution in [3.05, 3.63) is 47.8 Å². The third-order valence-corrected chi connectivity index (χ3v) is 3.49. The van der Waals surface area contributed by atoms with Crippen molar-refractivity contribution in [2.45, 2.75) is 13.5 Å². The zero-order valence-electron chi connectivity index (χ0n) is 12.0. The van der Waals surface area contributed by atoms with E-state index in [0.717, 1.165) is 27.9 Å². The molecular weight excluding hydrogens is 266 g/mol. The molecule has 0 unspecified atom stereocenters. The van der Waals surface area contributed by atoms with Gasteiger partial charge in [-0.05, 0) is 31.2 Å². The Labute approximate surface area is 122 Å². The molecule has 0 saturated heterocycles. The number of nitrogen functional groups attached to an aromatic ring is 1. The summed E-state index contributed by atoms with van der Waals surface area (Å²) >= 11 is 0. The van der Waals surface area contributed by atoms with E-state index in [2.05, 4.69) is 21.6 Å². The highest BCUT2D eigenvalue weighted by molar-refractivity contribution is 5.83. The van der Waals surface area contributed by atoms with Gasteiger partial charge in [-0.1, -0.05) is 0 Å². The number of fused-ring (bicyclic) bond motifs is 1. The molecule has 0 radical (unpaired) electrons. The van der Waals surface area contributed by atoms with Gasteiger partial charge in [-0.3, -0.25) is 4.68 Å². The lowest BCUT2D eigenvalue weighted by atomic mass is 10.1. The number of nitrogens with one attached hydrogen (secondary N) is 1. The first-order valence-electron chi connectivity index (χ1n) is 6.64. The molecule has 3 rings (SSSR count). The molecule has 108 valence electrons. The molecule has 21 heavy (non-hydrogen) atoms. The quantitative estimate of drug-likeness (QED) is 0.566. The van der Waals surface area contributed by atoms with Crippen LogP contribution in [0.25, 0.3) is 10.9 Å². The van der Waals surface area contributed by atoms with Crippen LogP contribution in [0.1, 0.15) is 11.3 Å². The second-order valence-corrected chi connectivity index (χ2v) is 4.83. The number of nitrogens with zero attached hydrogens (tertiary/aromatic N) is 3. The zero-order valence-corrected chi connectivity index (χ0v) is 12.0. The summed E-state index contributed by atoms with van der Waals surface area (Å²) < 4.78 is 7.13. The summed E-state index contributed by atoms with van der Waals surface area (Å²) in [5, 5.41) is 5.33. The number of hydrogen-bond acceptors (Lipinski definition) is 5. The Morgan fingerprint density at radius 1 is 1.29 bits per heavy atom. The Balaban J connectivity index is 2.07. The van der Waals surface area contributed by atoms with Gasteiger partial charge in [-0.2, -0.15) is 5.10 Å². The van der Waals surface area contributed by atoms with Crippen LogP contribution in [0.2, 0.25) is 0 Å². The van der Waals surface area contributed by atoms with Gasteiger partial charge in [0, 0.05) is 28.9 Å². The summed E-state index contributed by atoms with van der Waals surface area (Å²) in [4.78, 5) is 4.56. The van der Waals surface area contributed by atoms with Gasteiger partial charge >= 0.3 is 0 Å². The minimum atomic E-state index is 0.618. The Bertz CT molecular complexity index is 781. The van der Waals surface area contributed by atoms with Crippen LogP contribution in [0.15, 0.2) is 36.5 Å². The first-order chi connectivity index (χ1) is 10.2. The van der Waals surface area contributed by atoms with Gasteiger partial charge in [0.05, 0.1) is 19.2 Å². The molecule has 3 N–H and O–H groups in total. The van der Waals surface area contributed by atoms with Crippen LogP contribution < -0.4 is 16.0 Å². The normalized spacial score (nSPS) is 10.8. The molecule has 0 amide bonds. The van der Waals surface area contributed by atoms with E-state index in [9.17, 15) is 0 Å². The van der Waals surface area contributed by atoms with E-state index in [4.69, 9.17) is 10.6 Å². The topological polar surface area (TPSA) is 78.0 Å². The molecule has 6 nitrogen and oxygen atoms in total. The monoisotopic (exact) mass is 283 g/mol. The lowest BCUT2D eigenvalue weighted by Crippen LogP contribution is -2.14. The fourth-order valence-corrected chi connectivity index (χ4v) is 2.29.